The first-order valence-electron chi connectivity index (χ1n) is 11.2. The Balaban J connectivity index is 1.54. The molecule has 0 unspecified atom stereocenters. The molecule has 5 rings (SSSR count). The zero-order chi connectivity index (χ0) is 21.4. The standard InChI is InChI=1S/C23H29ClN6O/c1-23(11-2-3-12-23)29-21-25-14-19-20(28-21)30(17-7-9-18(31)10-8-17)22(27-19)26-16-6-4-5-15(24)13-16/h4-6,13-14,17-18,31H,2-3,7-12H2,1H3,(H,26,27)(H,25,28,29). The summed E-state index contributed by atoms with van der Waals surface area (Å²) in [5.74, 6) is 1.39. The van der Waals surface area contributed by atoms with Crippen LogP contribution in [0.4, 0.5) is 17.6 Å². The van der Waals surface area contributed by atoms with Crippen LogP contribution in [0, 0.1) is 0 Å². The van der Waals surface area contributed by atoms with Crippen LogP contribution in [0.3, 0.4) is 0 Å². The zero-order valence-electron chi connectivity index (χ0n) is 17.8. The fourth-order valence-electron chi connectivity index (χ4n) is 4.95. The van der Waals surface area contributed by atoms with E-state index in [1.807, 2.05) is 24.3 Å². The highest BCUT2D eigenvalue weighted by Gasteiger charge is 2.30. The minimum absolute atomic E-state index is 0.0509. The summed E-state index contributed by atoms with van der Waals surface area (Å²) in [6.45, 7) is 2.25. The van der Waals surface area contributed by atoms with Gasteiger partial charge in [0.25, 0.3) is 0 Å². The third kappa shape index (κ3) is 4.34. The van der Waals surface area contributed by atoms with E-state index in [1.54, 1.807) is 6.20 Å². The van der Waals surface area contributed by atoms with Crippen LogP contribution in [0.2, 0.25) is 5.02 Å². The molecule has 2 aliphatic rings. The van der Waals surface area contributed by atoms with Crippen LogP contribution in [-0.4, -0.2) is 36.3 Å². The Morgan fingerprint density at radius 2 is 1.90 bits per heavy atom. The van der Waals surface area contributed by atoms with Gasteiger partial charge in [0.2, 0.25) is 11.9 Å². The van der Waals surface area contributed by atoms with E-state index in [4.69, 9.17) is 21.6 Å². The summed E-state index contributed by atoms with van der Waals surface area (Å²) in [6.07, 6.45) is 9.69. The lowest BCUT2D eigenvalue weighted by atomic mass is 9.93. The Labute approximate surface area is 187 Å². The molecule has 2 heterocycles. The SMILES string of the molecule is CC1(Nc2ncc3nc(Nc4cccc(Cl)c4)n(C4CCC(O)CC4)c3n2)CCCC1. The van der Waals surface area contributed by atoms with Crippen molar-refractivity contribution in [2.45, 2.75) is 76.0 Å². The number of halogens is 1. The predicted molar refractivity (Wildman–Crippen MR) is 124 cm³/mol. The lowest BCUT2D eigenvalue weighted by Gasteiger charge is -2.28. The van der Waals surface area contributed by atoms with Crippen molar-refractivity contribution in [2.24, 2.45) is 0 Å². The number of hydrogen-bond acceptors (Lipinski definition) is 6. The summed E-state index contributed by atoms with van der Waals surface area (Å²) >= 11 is 6.18. The first-order valence-corrected chi connectivity index (χ1v) is 11.6. The Hall–Kier alpha value is -2.38. The average molecular weight is 441 g/mol. The Morgan fingerprint density at radius 1 is 1.13 bits per heavy atom. The van der Waals surface area contributed by atoms with Crippen molar-refractivity contribution in [2.75, 3.05) is 10.6 Å². The molecule has 3 aromatic rings. The Kier molecular flexibility index (Phi) is 5.48. The summed E-state index contributed by atoms with van der Waals surface area (Å²) in [5.41, 5.74) is 2.52. The van der Waals surface area contributed by atoms with Crippen molar-refractivity contribution in [1.29, 1.82) is 0 Å². The number of imidazole rings is 1. The van der Waals surface area contributed by atoms with Crippen LogP contribution in [0.25, 0.3) is 11.2 Å². The van der Waals surface area contributed by atoms with E-state index in [0.717, 1.165) is 61.3 Å². The maximum atomic E-state index is 10.0. The van der Waals surface area contributed by atoms with Crippen LogP contribution in [0.15, 0.2) is 30.5 Å². The van der Waals surface area contributed by atoms with Gasteiger partial charge in [-0.25, -0.2) is 9.97 Å². The quantitative estimate of drug-likeness (QED) is 0.489. The summed E-state index contributed by atoms with van der Waals surface area (Å²) in [5, 5.41) is 17.7. The van der Waals surface area contributed by atoms with Crippen LogP contribution < -0.4 is 10.6 Å². The summed E-state index contributed by atoms with van der Waals surface area (Å²) in [7, 11) is 0. The number of rotatable bonds is 5. The summed E-state index contributed by atoms with van der Waals surface area (Å²) in [6, 6.07) is 7.85. The number of aliphatic hydroxyl groups is 1. The van der Waals surface area contributed by atoms with Gasteiger partial charge in [0, 0.05) is 22.3 Å². The molecule has 0 saturated heterocycles. The van der Waals surface area contributed by atoms with Gasteiger partial charge in [-0.3, -0.25) is 4.57 Å². The molecular weight excluding hydrogens is 412 g/mol. The fraction of sp³-hybridized carbons (Fsp3) is 0.522. The Morgan fingerprint density at radius 3 is 2.65 bits per heavy atom. The van der Waals surface area contributed by atoms with Crippen molar-refractivity contribution in [3.05, 3.63) is 35.5 Å². The molecule has 8 heteroatoms. The van der Waals surface area contributed by atoms with Gasteiger partial charge in [-0.2, -0.15) is 4.98 Å². The first kappa shape index (κ1) is 20.5. The van der Waals surface area contributed by atoms with E-state index >= 15 is 0 Å². The van der Waals surface area contributed by atoms with E-state index in [9.17, 15) is 5.11 Å². The number of nitrogens with zero attached hydrogens (tertiary/aromatic N) is 4. The second-order valence-electron chi connectivity index (χ2n) is 9.20. The summed E-state index contributed by atoms with van der Waals surface area (Å²) < 4.78 is 2.19. The maximum Gasteiger partial charge on any atom is 0.225 e. The highest BCUT2D eigenvalue weighted by molar-refractivity contribution is 6.30. The number of nitrogens with one attached hydrogen (secondary N) is 2. The molecule has 7 nitrogen and oxygen atoms in total. The molecule has 2 saturated carbocycles. The number of aliphatic hydroxyl groups excluding tert-OH is 1. The van der Waals surface area contributed by atoms with E-state index in [1.165, 1.54) is 12.8 Å². The zero-order valence-corrected chi connectivity index (χ0v) is 18.6. The molecular formula is C23H29ClN6O. The predicted octanol–water partition coefficient (Wildman–Crippen LogP) is 5.44. The van der Waals surface area contributed by atoms with Gasteiger partial charge in [-0.05, 0) is 63.6 Å². The van der Waals surface area contributed by atoms with Crippen LogP contribution in [-0.2, 0) is 0 Å². The topological polar surface area (TPSA) is 87.9 Å². The minimum Gasteiger partial charge on any atom is -0.393 e. The van der Waals surface area contributed by atoms with Gasteiger partial charge >= 0.3 is 0 Å². The van der Waals surface area contributed by atoms with Gasteiger partial charge in [-0.15, -0.1) is 0 Å². The van der Waals surface area contributed by atoms with Crippen molar-refractivity contribution < 1.29 is 5.11 Å². The fourth-order valence-corrected chi connectivity index (χ4v) is 5.14. The molecule has 0 bridgehead atoms. The van der Waals surface area contributed by atoms with Gasteiger partial charge < -0.3 is 15.7 Å². The van der Waals surface area contributed by atoms with E-state index < -0.39 is 0 Å². The molecule has 0 radical (unpaired) electrons. The normalized spacial score (nSPS) is 23.2. The largest absolute Gasteiger partial charge is 0.393 e. The second kappa shape index (κ2) is 8.28. The van der Waals surface area contributed by atoms with E-state index in [0.29, 0.717) is 11.0 Å². The Bertz CT molecular complexity index is 1070. The van der Waals surface area contributed by atoms with Crippen molar-refractivity contribution >= 4 is 40.3 Å². The first-order chi connectivity index (χ1) is 15.0. The van der Waals surface area contributed by atoms with Gasteiger partial charge in [0.05, 0.1) is 12.3 Å². The molecule has 0 spiro atoms. The number of anilines is 3. The van der Waals surface area contributed by atoms with Crippen molar-refractivity contribution in [1.82, 2.24) is 19.5 Å². The van der Waals surface area contributed by atoms with Gasteiger partial charge in [0.15, 0.2) is 5.65 Å². The van der Waals surface area contributed by atoms with Crippen LogP contribution in [0.1, 0.15) is 64.3 Å². The molecule has 2 aromatic heterocycles. The lowest BCUT2D eigenvalue weighted by molar-refractivity contribution is 0.112. The molecule has 0 aliphatic heterocycles. The van der Waals surface area contributed by atoms with Crippen LogP contribution >= 0.6 is 11.6 Å². The monoisotopic (exact) mass is 440 g/mol. The third-order valence-electron chi connectivity index (χ3n) is 6.67. The molecule has 0 atom stereocenters. The molecule has 0 amide bonds. The summed E-state index contributed by atoms with van der Waals surface area (Å²) in [4.78, 5) is 14.3. The molecule has 2 fully saturated rings. The van der Waals surface area contributed by atoms with Gasteiger partial charge in [-0.1, -0.05) is 30.5 Å². The highest BCUT2D eigenvalue weighted by Crippen LogP contribution is 2.36. The number of fused-ring (bicyclic) bond motifs is 1. The molecule has 2 aliphatic carbocycles. The molecule has 164 valence electrons. The lowest BCUT2D eigenvalue weighted by Crippen LogP contribution is -2.31. The second-order valence-corrected chi connectivity index (χ2v) is 9.63. The van der Waals surface area contributed by atoms with Crippen molar-refractivity contribution in [3.63, 3.8) is 0 Å². The number of aromatic nitrogens is 4. The molecule has 3 N–H and O–H groups in total. The highest BCUT2D eigenvalue weighted by atomic mass is 35.5. The van der Waals surface area contributed by atoms with E-state index in [-0.39, 0.29) is 17.7 Å². The van der Waals surface area contributed by atoms with Gasteiger partial charge in [0.1, 0.15) is 5.52 Å². The smallest absolute Gasteiger partial charge is 0.225 e. The molecule has 1 aromatic carbocycles. The van der Waals surface area contributed by atoms with E-state index in [2.05, 4.69) is 27.1 Å². The maximum absolute atomic E-state index is 10.0. The molecule has 31 heavy (non-hydrogen) atoms. The average Bonchev–Trinajstić information content (AvgIpc) is 3.32. The van der Waals surface area contributed by atoms with Crippen LogP contribution in [0.5, 0.6) is 0 Å². The minimum atomic E-state index is -0.218. The number of hydrogen-bond donors (Lipinski definition) is 3. The third-order valence-corrected chi connectivity index (χ3v) is 6.90. The van der Waals surface area contributed by atoms with Crippen molar-refractivity contribution in [3.8, 4) is 0 Å². The number of benzene rings is 1.